The molecule has 0 fully saturated rings. The third kappa shape index (κ3) is 6.23. The van der Waals surface area contributed by atoms with Gasteiger partial charge < -0.3 is 14.8 Å². The van der Waals surface area contributed by atoms with E-state index >= 15 is 0 Å². The Morgan fingerprint density at radius 3 is 2.48 bits per heavy atom. The van der Waals surface area contributed by atoms with Crippen LogP contribution in [-0.2, 0) is 14.8 Å². The van der Waals surface area contributed by atoms with Crippen molar-refractivity contribution in [3.05, 3.63) is 53.3 Å². The summed E-state index contributed by atoms with van der Waals surface area (Å²) in [6, 6.07) is 8.90. The minimum atomic E-state index is -3.82. The highest BCUT2D eigenvalue weighted by molar-refractivity contribution is 7.92. The molecule has 0 saturated carbocycles. The Hall–Kier alpha value is -2.52. The molecule has 0 aliphatic heterocycles. The van der Waals surface area contributed by atoms with Crippen molar-refractivity contribution in [1.82, 2.24) is 5.32 Å². The fourth-order valence-corrected chi connectivity index (χ4v) is 3.97. The van der Waals surface area contributed by atoms with Gasteiger partial charge in [-0.15, -0.1) is 0 Å². The average Bonchev–Trinajstić information content (AvgIpc) is 2.65. The molecular weight excluding hydrogens is 423 g/mol. The smallest absolute Gasteiger partial charge is 0.243 e. The maximum atomic E-state index is 12.9. The number of rotatable bonds is 9. The highest BCUT2D eigenvalue weighted by Gasteiger charge is 2.31. The molecule has 1 amide bonds. The molecule has 1 atom stereocenters. The quantitative estimate of drug-likeness (QED) is 0.601. The fourth-order valence-electron chi connectivity index (χ4n) is 2.64. The second-order valence-corrected chi connectivity index (χ2v) is 8.44. The minimum Gasteiger partial charge on any atom is -0.495 e. The summed E-state index contributed by atoms with van der Waals surface area (Å²) in [5.41, 5.74) is 0.160. The van der Waals surface area contributed by atoms with Crippen LogP contribution in [0.1, 0.15) is 6.92 Å². The van der Waals surface area contributed by atoms with Crippen molar-refractivity contribution >= 4 is 33.2 Å². The number of carbonyl (C=O) groups excluding carboxylic acids is 1. The van der Waals surface area contributed by atoms with Crippen molar-refractivity contribution in [2.75, 3.05) is 30.8 Å². The Balaban J connectivity index is 2.07. The molecule has 0 heterocycles. The Labute approximate surface area is 174 Å². The van der Waals surface area contributed by atoms with Crippen LogP contribution >= 0.6 is 11.6 Å². The van der Waals surface area contributed by atoms with Crippen molar-refractivity contribution in [2.24, 2.45) is 0 Å². The summed E-state index contributed by atoms with van der Waals surface area (Å²) in [6.07, 6.45) is 0.995. The van der Waals surface area contributed by atoms with E-state index in [4.69, 9.17) is 21.1 Å². The largest absolute Gasteiger partial charge is 0.495 e. The third-order valence-corrected chi connectivity index (χ3v) is 5.41. The Kier molecular flexibility index (Phi) is 7.69. The van der Waals surface area contributed by atoms with E-state index in [-0.39, 0.29) is 30.4 Å². The summed E-state index contributed by atoms with van der Waals surface area (Å²) in [6.45, 7) is 1.71. The van der Waals surface area contributed by atoms with Crippen LogP contribution in [-0.4, -0.2) is 46.9 Å². The number of nitrogens with one attached hydrogen (secondary N) is 1. The van der Waals surface area contributed by atoms with Gasteiger partial charge in [0.15, 0.2) is 0 Å². The van der Waals surface area contributed by atoms with E-state index in [0.29, 0.717) is 10.8 Å². The summed E-state index contributed by atoms with van der Waals surface area (Å²) < 4.78 is 49.2. The van der Waals surface area contributed by atoms with Gasteiger partial charge in [0, 0.05) is 5.02 Å². The molecule has 1 unspecified atom stereocenters. The van der Waals surface area contributed by atoms with Gasteiger partial charge in [-0.3, -0.25) is 9.10 Å². The molecule has 10 heteroatoms. The molecule has 0 aliphatic rings. The van der Waals surface area contributed by atoms with Crippen LogP contribution in [0.5, 0.6) is 11.5 Å². The predicted molar refractivity (Wildman–Crippen MR) is 110 cm³/mol. The van der Waals surface area contributed by atoms with Gasteiger partial charge in [0.25, 0.3) is 0 Å². The van der Waals surface area contributed by atoms with Crippen LogP contribution in [0.25, 0.3) is 0 Å². The molecule has 29 heavy (non-hydrogen) atoms. The molecule has 0 aliphatic carbocycles. The first-order valence-corrected chi connectivity index (χ1v) is 10.8. The maximum Gasteiger partial charge on any atom is 0.243 e. The Morgan fingerprint density at radius 2 is 1.90 bits per heavy atom. The summed E-state index contributed by atoms with van der Waals surface area (Å²) in [5, 5.41) is 2.92. The average molecular weight is 445 g/mol. The van der Waals surface area contributed by atoms with E-state index in [1.165, 1.54) is 50.4 Å². The number of hydrogen-bond acceptors (Lipinski definition) is 5. The zero-order valence-corrected chi connectivity index (χ0v) is 17.8. The first-order valence-electron chi connectivity index (χ1n) is 8.62. The normalized spacial score (nSPS) is 12.2. The highest BCUT2D eigenvalue weighted by atomic mass is 35.5. The zero-order chi connectivity index (χ0) is 21.6. The van der Waals surface area contributed by atoms with Crippen LogP contribution in [0.2, 0.25) is 5.02 Å². The van der Waals surface area contributed by atoms with Gasteiger partial charge in [0.05, 0.1) is 25.6 Å². The molecule has 0 radical (unpaired) electrons. The molecule has 0 aromatic heterocycles. The van der Waals surface area contributed by atoms with Crippen LogP contribution < -0.4 is 19.1 Å². The van der Waals surface area contributed by atoms with E-state index in [1.54, 1.807) is 6.07 Å². The molecule has 0 saturated heterocycles. The number of anilines is 1. The number of carbonyl (C=O) groups is 1. The van der Waals surface area contributed by atoms with Gasteiger partial charge in [0.2, 0.25) is 15.9 Å². The molecule has 7 nitrogen and oxygen atoms in total. The first-order chi connectivity index (χ1) is 13.6. The number of hydrogen-bond donors (Lipinski definition) is 1. The van der Waals surface area contributed by atoms with Crippen molar-refractivity contribution in [2.45, 2.75) is 13.0 Å². The van der Waals surface area contributed by atoms with Crippen molar-refractivity contribution in [1.29, 1.82) is 0 Å². The minimum absolute atomic E-state index is 0.128. The first kappa shape index (κ1) is 22.8. The molecule has 2 aromatic rings. The monoisotopic (exact) mass is 444 g/mol. The topological polar surface area (TPSA) is 84.9 Å². The van der Waals surface area contributed by atoms with Crippen LogP contribution in [0.4, 0.5) is 10.1 Å². The van der Waals surface area contributed by atoms with E-state index in [9.17, 15) is 17.6 Å². The van der Waals surface area contributed by atoms with Gasteiger partial charge in [-0.2, -0.15) is 0 Å². The number of halogens is 2. The summed E-state index contributed by atoms with van der Waals surface area (Å²) in [4.78, 5) is 12.5. The van der Waals surface area contributed by atoms with Gasteiger partial charge in [-0.1, -0.05) is 11.6 Å². The van der Waals surface area contributed by atoms with Gasteiger partial charge in [-0.05, 0) is 49.4 Å². The number of sulfonamides is 1. The molecular formula is C19H22ClFN2O5S. The molecule has 0 spiro atoms. The number of ether oxygens (including phenoxy) is 2. The van der Waals surface area contributed by atoms with Crippen molar-refractivity contribution in [3.63, 3.8) is 0 Å². The number of methoxy groups -OCH3 is 1. The second kappa shape index (κ2) is 9.80. The van der Waals surface area contributed by atoms with E-state index in [2.05, 4.69) is 5.32 Å². The fraction of sp³-hybridized carbons (Fsp3) is 0.316. The standard InChI is InChI=1S/C19H22ClFN2O5S/c1-13(19(24)22-10-11-28-16-7-5-15(21)6-8-16)23(29(3,25)26)17-12-14(20)4-9-18(17)27-2/h4-9,12-13H,10-11H2,1-3H3,(H,22,24). The third-order valence-electron chi connectivity index (χ3n) is 3.95. The lowest BCUT2D eigenvalue weighted by atomic mass is 10.2. The van der Waals surface area contributed by atoms with Crippen LogP contribution in [0, 0.1) is 5.82 Å². The van der Waals surface area contributed by atoms with E-state index in [1.807, 2.05) is 0 Å². The molecule has 2 aromatic carbocycles. The van der Waals surface area contributed by atoms with Gasteiger partial charge in [-0.25, -0.2) is 12.8 Å². The lowest BCUT2D eigenvalue weighted by Gasteiger charge is -2.29. The van der Waals surface area contributed by atoms with Gasteiger partial charge >= 0.3 is 0 Å². The maximum absolute atomic E-state index is 12.9. The SMILES string of the molecule is COc1ccc(Cl)cc1N(C(C)C(=O)NCCOc1ccc(F)cc1)S(C)(=O)=O. The van der Waals surface area contributed by atoms with Crippen molar-refractivity contribution in [3.8, 4) is 11.5 Å². The lowest BCUT2D eigenvalue weighted by Crippen LogP contribution is -2.48. The predicted octanol–water partition coefficient (Wildman–Crippen LogP) is 2.84. The highest BCUT2D eigenvalue weighted by Crippen LogP contribution is 2.34. The molecule has 1 N–H and O–H groups in total. The summed E-state index contributed by atoms with van der Waals surface area (Å²) in [7, 11) is -2.43. The molecule has 2 rings (SSSR count). The van der Waals surface area contributed by atoms with Crippen LogP contribution in [0.15, 0.2) is 42.5 Å². The molecule has 158 valence electrons. The van der Waals surface area contributed by atoms with Crippen LogP contribution in [0.3, 0.4) is 0 Å². The number of benzene rings is 2. The molecule has 0 bridgehead atoms. The van der Waals surface area contributed by atoms with E-state index in [0.717, 1.165) is 10.6 Å². The Bertz CT molecular complexity index is 954. The van der Waals surface area contributed by atoms with E-state index < -0.39 is 22.0 Å². The summed E-state index contributed by atoms with van der Waals surface area (Å²) in [5.74, 6) is -0.189. The second-order valence-electron chi connectivity index (χ2n) is 6.14. The van der Waals surface area contributed by atoms with Crippen molar-refractivity contribution < 1.29 is 27.1 Å². The summed E-state index contributed by atoms with van der Waals surface area (Å²) >= 11 is 6.01. The number of nitrogens with zero attached hydrogens (tertiary/aromatic N) is 1. The lowest BCUT2D eigenvalue weighted by molar-refractivity contribution is -0.121. The van der Waals surface area contributed by atoms with Gasteiger partial charge in [0.1, 0.15) is 30.0 Å². The Morgan fingerprint density at radius 1 is 1.24 bits per heavy atom. The zero-order valence-electron chi connectivity index (χ0n) is 16.2. The number of amides is 1.